The van der Waals surface area contributed by atoms with Gasteiger partial charge in [0.05, 0.1) is 38.6 Å². The monoisotopic (exact) mass is 1530 g/mol. The van der Waals surface area contributed by atoms with Crippen LogP contribution in [-0.2, 0) is 33.2 Å². The summed E-state index contributed by atoms with van der Waals surface area (Å²) in [5.74, 6) is -0.283. The molecule has 0 radical (unpaired) electrons. The highest BCUT2D eigenvalue weighted by atomic mass is 16.8. The van der Waals surface area contributed by atoms with Crippen LogP contribution in [0, 0.1) is 0 Å². The number of nitrogens with one attached hydrogen (secondary N) is 1. The fraction of sp³-hybridized carbons (Fsp3) is 0.876. The lowest BCUT2D eigenvalue weighted by molar-refractivity contribution is -0.379. The van der Waals surface area contributed by atoms with E-state index in [9.17, 15) is 61.0 Å². The highest BCUT2D eigenvalue weighted by molar-refractivity contribution is 5.76. The van der Waals surface area contributed by atoms with Crippen molar-refractivity contribution in [1.82, 2.24) is 5.32 Å². The molecule has 0 aliphatic carbocycles. The Morgan fingerprint density at radius 2 is 0.620 bits per heavy atom. The van der Waals surface area contributed by atoms with Crippen molar-refractivity contribution in [3.8, 4) is 0 Å². The van der Waals surface area contributed by atoms with Gasteiger partial charge >= 0.3 is 0 Å². The average Bonchev–Trinajstić information content (AvgIpc) is 0.775. The first kappa shape index (κ1) is 99.7. The van der Waals surface area contributed by atoms with E-state index in [0.717, 1.165) is 51.4 Å². The standard InChI is InChI=1S/C89H163NO18/c1-3-5-7-9-11-13-15-17-19-21-23-25-27-29-30-31-32-33-34-35-36-37-38-39-40-41-42-43-45-47-49-51-53-55-57-59-61-63-65-67-77(95)90-72(73(94)66-64-62-60-58-56-54-52-50-48-46-44-28-26-24-22-20-18-16-14-12-10-8-6-4-2)71-103-87-83(101)80(98)85(75(69-92)105-87)108-89-84(102)81(99)86(76(70-93)106-89)107-88-82(100)79(97)78(96)74(68-91)104-88/h15,17,21,23,48,50,56,58,64,66,72-76,78-89,91-94,96-102H,3-14,16,18-20,22,24-47,49,51-55,57,59-63,65,67-71H2,1-2H3,(H,90,95)/b17-15-,23-21-,50-48+,58-56+,66-64+. The van der Waals surface area contributed by atoms with E-state index < -0.39 is 124 Å². The normalized spacial score (nSPS) is 25.7. The SMILES string of the molecule is CCCCCCC/C=C\C/C=C\CCCCCCCCCCCCCCCCCCCCCCCCCCCCCC(=O)NC(COC1OC(CO)C(OC2OC(CO)C(OC3OC(CO)C(O)C(O)C3O)C(O)C2O)C(O)C1O)C(O)/C=C/CC/C=C/CC/C=C/CCCCCCCCCCCCCCCC. The van der Waals surface area contributed by atoms with Crippen LogP contribution in [-0.4, -0.2) is 193 Å². The van der Waals surface area contributed by atoms with Crippen LogP contribution in [0.25, 0.3) is 0 Å². The molecule has 0 aromatic carbocycles. The van der Waals surface area contributed by atoms with Crippen molar-refractivity contribution >= 4 is 5.91 Å². The zero-order valence-electron chi connectivity index (χ0n) is 68.1. The molecule has 0 aromatic heterocycles. The Morgan fingerprint density at radius 3 is 0.981 bits per heavy atom. The van der Waals surface area contributed by atoms with Crippen LogP contribution >= 0.6 is 0 Å². The molecule has 19 heteroatoms. The van der Waals surface area contributed by atoms with Gasteiger partial charge in [0.25, 0.3) is 0 Å². The summed E-state index contributed by atoms with van der Waals surface area (Å²) in [6.07, 6.45) is 63.9. The summed E-state index contributed by atoms with van der Waals surface area (Å²) in [6.45, 7) is 1.75. The van der Waals surface area contributed by atoms with Gasteiger partial charge in [-0.3, -0.25) is 4.79 Å². The molecule has 19 nitrogen and oxygen atoms in total. The molecule has 3 saturated heterocycles. The van der Waals surface area contributed by atoms with E-state index in [1.54, 1.807) is 6.08 Å². The maximum Gasteiger partial charge on any atom is 0.220 e. The molecular weight excluding hydrogens is 1370 g/mol. The van der Waals surface area contributed by atoms with Gasteiger partial charge in [-0.25, -0.2) is 0 Å². The number of rotatable bonds is 72. The molecule has 3 aliphatic rings. The second kappa shape index (κ2) is 68.9. The highest BCUT2D eigenvalue weighted by Crippen LogP contribution is 2.33. The number of ether oxygens (including phenoxy) is 6. The summed E-state index contributed by atoms with van der Waals surface area (Å²) >= 11 is 0. The van der Waals surface area contributed by atoms with Crippen molar-refractivity contribution in [3.63, 3.8) is 0 Å². The number of aliphatic hydroxyl groups is 11. The Kier molecular flexibility index (Phi) is 63.6. The van der Waals surface area contributed by atoms with Crippen LogP contribution in [0.15, 0.2) is 60.8 Å². The van der Waals surface area contributed by atoms with E-state index in [4.69, 9.17) is 28.4 Å². The van der Waals surface area contributed by atoms with E-state index in [2.05, 4.69) is 67.8 Å². The largest absolute Gasteiger partial charge is 0.394 e. The summed E-state index contributed by atoms with van der Waals surface area (Å²) in [4.78, 5) is 13.5. The van der Waals surface area contributed by atoms with Gasteiger partial charge in [-0.15, -0.1) is 0 Å². The molecule has 632 valence electrons. The Hall–Kier alpha value is -2.51. The topological polar surface area (TPSA) is 307 Å². The number of hydrogen-bond donors (Lipinski definition) is 12. The zero-order valence-corrected chi connectivity index (χ0v) is 68.1. The van der Waals surface area contributed by atoms with Crippen molar-refractivity contribution in [2.24, 2.45) is 0 Å². The smallest absolute Gasteiger partial charge is 0.220 e. The van der Waals surface area contributed by atoms with E-state index >= 15 is 0 Å². The van der Waals surface area contributed by atoms with Gasteiger partial charge in [-0.1, -0.05) is 344 Å². The number of hydrogen-bond acceptors (Lipinski definition) is 18. The van der Waals surface area contributed by atoms with Crippen molar-refractivity contribution in [2.75, 3.05) is 26.4 Å². The molecule has 0 bridgehead atoms. The lowest BCUT2D eigenvalue weighted by Gasteiger charge is -2.48. The number of carbonyl (C=O) groups excluding carboxylic acids is 1. The second-order valence-electron chi connectivity index (χ2n) is 31.7. The Bertz CT molecular complexity index is 2180. The fourth-order valence-corrected chi connectivity index (χ4v) is 14.9. The van der Waals surface area contributed by atoms with Crippen LogP contribution in [0.3, 0.4) is 0 Å². The molecule has 17 atom stereocenters. The van der Waals surface area contributed by atoms with Crippen LogP contribution in [0.5, 0.6) is 0 Å². The molecule has 0 spiro atoms. The minimum atomic E-state index is -1.98. The van der Waals surface area contributed by atoms with Crippen molar-refractivity contribution in [1.29, 1.82) is 0 Å². The van der Waals surface area contributed by atoms with E-state index in [0.29, 0.717) is 12.8 Å². The highest BCUT2D eigenvalue weighted by Gasteiger charge is 2.54. The van der Waals surface area contributed by atoms with Crippen molar-refractivity contribution in [3.05, 3.63) is 60.8 Å². The molecule has 3 aliphatic heterocycles. The van der Waals surface area contributed by atoms with E-state index in [1.807, 2.05) is 6.08 Å². The molecular formula is C89H163NO18. The fourth-order valence-electron chi connectivity index (χ4n) is 14.9. The molecule has 3 fully saturated rings. The minimum Gasteiger partial charge on any atom is -0.394 e. The second-order valence-corrected chi connectivity index (χ2v) is 31.7. The van der Waals surface area contributed by atoms with Crippen molar-refractivity contribution in [2.45, 2.75) is 471 Å². The number of amides is 1. The first-order valence-corrected chi connectivity index (χ1v) is 44.5. The summed E-state index contributed by atoms with van der Waals surface area (Å²) in [6, 6.07) is -0.998. The third kappa shape index (κ3) is 47.4. The number of aliphatic hydroxyl groups excluding tert-OH is 11. The van der Waals surface area contributed by atoms with Crippen LogP contribution in [0.1, 0.15) is 367 Å². The van der Waals surface area contributed by atoms with Crippen molar-refractivity contribution < 1.29 is 89.4 Å². The molecule has 3 rings (SSSR count). The number of allylic oxidation sites excluding steroid dienone is 9. The van der Waals surface area contributed by atoms with Gasteiger partial charge in [-0.2, -0.15) is 0 Å². The van der Waals surface area contributed by atoms with Gasteiger partial charge in [0.1, 0.15) is 73.2 Å². The maximum absolute atomic E-state index is 13.5. The van der Waals surface area contributed by atoms with E-state index in [-0.39, 0.29) is 18.9 Å². The quantitative estimate of drug-likeness (QED) is 0.0199. The Balaban J connectivity index is 1.32. The Labute approximate surface area is 656 Å². The number of unbranched alkanes of at least 4 members (excludes halogenated alkanes) is 48. The Morgan fingerprint density at radius 1 is 0.333 bits per heavy atom. The van der Waals surface area contributed by atoms with Gasteiger partial charge in [0.15, 0.2) is 18.9 Å². The zero-order chi connectivity index (χ0) is 78.1. The molecule has 3 heterocycles. The molecule has 108 heavy (non-hydrogen) atoms. The van der Waals surface area contributed by atoms with E-state index in [1.165, 1.54) is 283 Å². The molecule has 0 aromatic rings. The van der Waals surface area contributed by atoms with Crippen LogP contribution in [0.2, 0.25) is 0 Å². The summed E-state index contributed by atoms with van der Waals surface area (Å²) < 4.78 is 34.5. The van der Waals surface area contributed by atoms with Gasteiger partial charge < -0.3 is 89.9 Å². The van der Waals surface area contributed by atoms with Crippen LogP contribution < -0.4 is 5.32 Å². The summed E-state index contributed by atoms with van der Waals surface area (Å²) in [5, 5.41) is 121. The minimum absolute atomic E-state index is 0.235. The molecule has 12 N–H and O–H groups in total. The first-order valence-electron chi connectivity index (χ1n) is 44.5. The summed E-state index contributed by atoms with van der Waals surface area (Å²) in [7, 11) is 0. The lowest BCUT2D eigenvalue weighted by Crippen LogP contribution is -2.66. The molecule has 17 unspecified atom stereocenters. The summed E-state index contributed by atoms with van der Waals surface area (Å²) in [5.41, 5.74) is 0. The van der Waals surface area contributed by atoms with Gasteiger partial charge in [0, 0.05) is 6.42 Å². The third-order valence-corrected chi connectivity index (χ3v) is 22.0. The predicted molar refractivity (Wildman–Crippen MR) is 434 cm³/mol. The lowest BCUT2D eigenvalue weighted by atomic mass is 9.96. The average molecular weight is 1540 g/mol. The first-order chi connectivity index (χ1) is 52.8. The molecule has 1 amide bonds. The maximum atomic E-state index is 13.5. The number of carbonyl (C=O) groups is 1. The molecule has 0 saturated carbocycles. The van der Waals surface area contributed by atoms with Gasteiger partial charge in [0.2, 0.25) is 5.91 Å². The predicted octanol–water partition coefficient (Wildman–Crippen LogP) is 16.6. The third-order valence-electron chi connectivity index (χ3n) is 22.0. The van der Waals surface area contributed by atoms with Crippen LogP contribution in [0.4, 0.5) is 0 Å². The van der Waals surface area contributed by atoms with Gasteiger partial charge in [-0.05, 0) is 77.0 Å².